The van der Waals surface area contributed by atoms with Gasteiger partial charge in [0.1, 0.15) is 12.1 Å². The normalized spacial score (nSPS) is 25.1. The minimum absolute atomic E-state index is 0.00194. The van der Waals surface area contributed by atoms with Crippen molar-refractivity contribution in [3.8, 4) is 0 Å². The minimum atomic E-state index is -4.42. The Morgan fingerprint density at radius 1 is 1.25 bits per heavy atom. The number of rotatable bonds is 4. The number of amides is 4. The van der Waals surface area contributed by atoms with Gasteiger partial charge in [0.25, 0.3) is 5.91 Å². The third kappa shape index (κ3) is 3.83. The summed E-state index contributed by atoms with van der Waals surface area (Å²) in [6.45, 7) is 1.51. The van der Waals surface area contributed by atoms with Gasteiger partial charge in [-0.15, -0.1) is 0 Å². The van der Waals surface area contributed by atoms with E-state index in [1.807, 2.05) is 6.92 Å². The lowest BCUT2D eigenvalue weighted by molar-refractivity contribution is -0.137. The SMILES string of the molecule is CC1CCCCC12NC(=O)N(CC(=O)NCc1ccc(C(F)(F)F)cc1)C2=O. The summed E-state index contributed by atoms with van der Waals surface area (Å²) in [5.74, 6) is -0.934. The van der Waals surface area contributed by atoms with E-state index in [-0.39, 0.29) is 18.4 Å². The monoisotopic (exact) mass is 397 g/mol. The molecule has 9 heteroatoms. The van der Waals surface area contributed by atoms with E-state index in [4.69, 9.17) is 0 Å². The Labute approximate surface area is 160 Å². The Morgan fingerprint density at radius 2 is 1.93 bits per heavy atom. The van der Waals surface area contributed by atoms with Crippen molar-refractivity contribution in [3.05, 3.63) is 35.4 Å². The van der Waals surface area contributed by atoms with E-state index in [1.54, 1.807) is 0 Å². The molecule has 6 nitrogen and oxygen atoms in total. The molecule has 1 heterocycles. The van der Waals surface area contributed by atoms with Gasteiger partial charge in [-0.25, -0.2) is 4.79 Å². The van der Waals surface area contributed by atoms with Crippen LogP contribution >= 0.6 is 0 Å². The molecule has 2 fully saturated rings. The van der Waals surface area contributed by atoms with E-state index in [2.05, 4.69) is 10.6 Å². The fourth-order valence-corrected chi connectivity index (χ4v) is 3.85. The standard InChI is InChI=1S/C19H22F3N3O3/c1-12-4-2-3-9-18(12)16(27)25(17(28)24-18)11-15(26)23-10-13-5-7-14(8-6-13)19(20,21)22/h5-8,12H,2-4,9-11H2,1H3,(H,23,26)(H,24,28). The minimum Gasteiger partial charge on any atom is -0.350 e. The van der Waals surface area contributed by atoms with E-state index >= 15 is 0 Å². The van der Waals surface area contributed by atoms with Gasteiger partial charge in [-0.2, -0.15) is 13.2 Å². The molecule has 2 atom stereocenters. The molecule has 1 aromatic carbocycles. The van der Waals surface area contributed by atoms with Crippen molar-refractivity contribution < 1.29 is 27.6 Å². The molecule has 3 rings (SSSR count). The van der Waals surface area contributed by atoms with Gasteiger partial charge >= 0.3 is 12.2 Å². The van der Waals surface area contributed by atoms with Crippen molar-refractivity contribution in [2.24, 2.45) is 5.92 Å². The van der Waals surface area contributed by atoms with E-state index in [0.29, 0.717) is 12.0 Å². The van der Waals surface area contributed by atoms with Gasteiger partial charge < -0.3 is 10.6 Å². The first-order valence-electron chi connectivity index (χ1n) is 9.20. The predicted octanol–water partition coefficient (Wildman–Crippen LogP) is 2.82. The van der Waals surface area contributed by atoms with Crippen LogP contribution in [0.1, 0.15) is 43.7 Å². The molecule has 1 aliphatic heterocycles. The maximum absolute atomic E-state index is 12.8. The van der Waals surface area contributed by atoms with Crippen LogP contribution in [0.25, 0.3) is 0 Å². The zero-order valence-corrected chi connectivity index (χ0v) is 15.4. The summed E-state index contributed by atoms with van der Waals surface area (Å²) in [6, 6.07) is 3.84. The van der Waals surface area contributed by atoms with Crippen LogP contribution in [0.3, 0.4) is 0 Å². The number of benzene rings is 1. The number of hydrogen-bond acceptors (Lipinski definition) is 3. The Hall–Kier alpha value is -2.58. The van der Waals surface area contributed by atoms with Gasteiger partial charge in [0.05, 0.1) is 5.56 Å². The van der Waals surface area contributed by atoms with E-state index in [1.165, 1.54) is 12.1 Å². The molecule has 1 aliphatic carbocycles. The first kappa shape index (κ1) is 20.2. The molecule has 0 aromatic heterocycles. The second kappa shape index (κ2) is 7.44. The van der Waals surface area contributed by atoms with Gasteiger partial charge in [0, 0.05) is 6.54 Å². The molecule has 2 unspecified atom stereocenters. The number of nitrogens with one attached hydrogen (secondary N) is 2. The predicted molar refractivity (Wildman–Crippen MR) is 93.9 cm³/mol. The molecular weight excluding hydrogens is 375 g/mol. The van der Waals surface area contributed by atoms with Crippen molar-refractivity contribution in [1.29, 1.82) is 0 Å². The summed E-state index contributed by atoms with van der Waals surface area (Å²) in [4.78, 5) is 38.2. The Bertz CT molecular complexity index is 779. The van der Waals surface area contributed by atoms with Crippen molar-refractivity contribution in [2.45, 2.75) is 50.9 Å². The molecule has 1 saturated carbocycles. The molecule has 1 aromatic rings. The Balaban J connectivity index is 1.57. The van der Waals surface area contributed by atoms with Crippen LogP contribution in [0.5, 0.6) is 0 Å². The van der Waals surface area contributed by atoms with Crippen LogP contribution in [0.2, 0.25) is 0 Å². The second-order valence-electron chi connectivity index (χ2n) is 7.41. The zero-order chi connectivity index (χ0) is 20.5. The summed E-state index contributed by atoms with van der Waals surface area (Å²) in [5.41, 5.74) is -1.21. The van der Waals surface area contributed by atoms with Crippen LogP contribution in [0, 0.1) is 5.92 Å². The van der Waals surface area contributed by atoms with Crippen molar-refractivity contribution in [2.75, 3.05) is 6.54 Å². The van der Waals surface area contributed by atoms with E-state index < -0.39 is 35.8 Å². The number of imide groups is 1. The number of nitrogens with zero attached hydrogens (tertiary/aromatic N) is 1. The summed E-state index contributed by atoms with van der Waals surface area (Å²) < 4.78 is 37.7. The third-order valence-corrected chi connectivity index (χ3v) is 5.57. The van der Waals surface area contributed by atoms with Crippen LogP contribution in [-0.2, 0) is 22.3 Å². The summed E-state index contributed by atoms with van der Waals surface area (Å²) in [6.07, 6.45) is -1.19. The highest BCUT2D eigenvalue weighted by Gasteiger charge is 2.55. The van der Waals surface area contributed by atoms with Gasteiger partial charge in [-0.1, -0.05) is 31.9 Å². The Kier molecular flexibility index (Phi) is 5.36. The van der Waals surface area contributed by atoms with Gasteiger partial charge in [0.2, 0.25) is 5.91 Å². The maximum Gasteiger partial charge on any atom is 0.416 e. The molecule has 28 heavy (non-hydrogen) atoms. The molecule has 0 radical (unpaired) electrons. The lowest BCUT2D eigenvalue weighted by Crippen LogP contribution is -2.54. The first-order chi connectivity index (χ1) is 13.1. The highest BCUT2D eigenvalue weighted by atomic mass is 19.4. The fraction of sp³-hybridized carbons (Fsp3) is 0.526. The number of urea groups is 1. The highest BCUT2D eigenvalue weighted by Crippen LogP contribution is 2.38. The average Bonchev–Trinajstić information content (AvgIpc) is 2.87. The number of hydrogen-bond donors (Lipinski definition) is 2. The molecule has 0 bridgehead atoms. The Morgan fingerprint density at radius 3 is 2.54 bits per heavy atom. The van der Waals surface area contributed by atoms with Gasteiger partial charge in [0.15, 0.2) is 0 Å². The maximum atomic E-state index is 12.8. The molecule has 2 N–H and O–H groups in total. The largest absolute Gasteiger partial charge is 0.416 e. The number of halogens is 3. The summed E-state index contributed by atoms with van der Waals surface area (Å²) in [5, 5.41) is 5.30. The number of alkyl halides is 3. The van der Waals surface area contributed by atoms with Crippen molar-refractivity contribution in [3.63, 3.8) is 0 Å². The van der Waals surface area contributed by atoms with Gasteiger partial charge in [-0.05, 0) is 36.5 Å². The molecular formula is C19H22F3N3O3. The highest BCUT2D eigenvalue weighted by molar-refractivity contribution is 6.09. The lowest BCUT2D eigenvalue weighted by Gasteiger charge is -2.36. The smallest absolute Gasteiger partial charge is 0.350 e. The quantitative estimate of drug-likeness (QED) is 0.767. The third-order valence-electron chi connectivity index (χ3n) is 5.57. The average molecular weight is 397 g/mol. The molecule has 1 saturated heterocycles. The number of carbonyl (C=O) groups excluding carboxylic acids is 3. The second-order valence-corrected chi connectivity index (χ2v) is 7.41. The fourth-order valence-electron chi connectivity index (χ4n) is 3.85. The molecule has 152 valence electrons. The summed E-state index contributed by atoms with van der Waals surface area (Å²) in [7, 11) is 0. The van der Waals surface area contributed by atoms with Crippen LogP contribution in [-0.4, -0.2) is 34.8 Å². The number of carbonyl (C=O) groups is 3. The van der Waals surface area contributed by atoms with Crippen molar-refractivity contribution in [1.82, 2.24) is 15.5 Å². The lowest BCUT2D eigenvalue weighted by atomic mass is 9.73. The molecule has 2 aliphatic rings. The zero-order valence-electron chi connectivity index (χ0n) is 15.4. The van der Waals surface area contributed by atoms with E-state index in [9.17, 15) is 27.6 Å². The molecule has 4 amide bonds. The van der Waals surface area contributed by atoms with Crippen LogP contribution in [0.4, 0.5) is 18.0 Å². The summed E-state index contributed by atoms with van der Waals surface area (Å²) >= 11 is 0. The molecule has 1 spiro atoms. The topological polar surface area (TPSA) is 78.5 Å². The van der Waals surface area contributed by atoms with Gasteiger partial charge in [-0.3, -0.25) is 14.5 Å². The van der Waals surface area contributed by atoms with Crippen LogP contribution in [0.15, 0.2) is 24.3 Å². The van der Waals surface area contributed by atoms with Crippen LogP contribution < -0.4 is 10.6 Å². The van der Waals surface area contributed by atoms with E-state index in [0.717, 1.165) is 36.3 Å². The first-order valence-corrected chi connectivity index (χ1v) is 9.20. The van der Waals surface area contributed by atoms with Crippen molar-refractivity contribution >= 4 is 17.8 Å².